The van der Waals surface area contributed by atoms with Crippen LogP contribution in [0.25, 0.3) is 0 Å². The highest BCUT2D eigenvalue weighted by atomic mass is 35.6. The van der Waals surface area contributed by atoms with Crippen LogP contribution in [-0.2, 0) is 9.53 Å². The lowest BCUT2D eigenvalue weighted by Crippen LogP contribution is -2.21. The van der Waals surface area contributed by atoms with E-state index < -0.39 is 9.76 Å². The molecule has 0 aliphatic carbocycles. The van der Waals surface area contributed by atoms with Crippen LogP contribution in [0.15, 0.2) is 18.2 Å². The first kappa shape index (κ1) is 16.0. The Morgan fingerprint density at radius 3 is 2.44 bits per heavy atom. The topological polar surface area (TPSA) is 35.5 Å². The van der Waals surface area contributed by atoms with E-state index in [2.05, 4.69) is 4.74 Å². The highest BCUT2D eigenvalue weighted by Crippen LogP contribution is 2.28. The predicted octanol–water partition coefficient (Wildman–Crippen LogP) is 4.29. The lowest BCUT2D eigenvalue weighted by atomic mass is 10.3. The zero-order valence-electron chi connectivity index (χ0n) is 8.76. The number of alkyl halides is 3. The van der Waals surface area contributed by atoms with Gasteiger partial charge in [0.05, 0.1) is 5.02 Å². The van der Waals surface area contributed by atoms with Crippen molar-refractivity contribution in [2.75, 3.05) is 13.2 Å². The summed E-state index contributed by atoms with van der Waals surface area (Å²) in [5.74, 6) is -0.362. The summed E-state index contributed by atoms with van der Waals surface area (Å²) in [7, 11) is 0. The monoisotopic (exact) mass is 350 g/mol. The first-order valence-electron chi connectivity index (χ1n) is 4.58. The third kappa shape index (κ3) is 6.21. The molecule has 0 atom stereocenters. The van der Waals surface area contributed by atoms with Crippen LogP contribution in [0.3, 0.4) is 0 Å². The molecule has 1 rings (SSSR count). The smallest absolute Gasteiger partial charge is 0.344 e. The summed E-state index contributed by atoms with van der Waals surface area (Å²) < 4.78 is 8.14. The van der Waals surface area contributed by atoms with Gasteiger partial charge < -0.3 is 9.47 Å². The van der Waals surface area contributed by atoms with Crippen LogP contribution in [0.4, 0.5) is 0 Å². The predicted molar refractivity (Wildman–Crippen MR) is 73.2 cm³/mol. The molecule has 0 bridgehead atoms. The molecule has 0 N–H and O–H groups in total. The van der Waals surface area contributed by atoms with Crippen LogP contribution >= 0.6 is 58.0 Å². The van der Waals surface area contributed by atoms with Gasteiger partial charge in [0.15, 0.2) is 6.61 Å². The summed E-state index contributed by atoms with van der Waals surface area (Å²) in [6.07, 6.45) is 0. The van der Waals surface area contributed by atoms with Crippen molar-refractivity contribution in [3.05, 3.63) is 28.2 Å². The number of hydrogen-bond donors (Lipinski definition) is 0. The molecule has 0 radical (unpaired) electrons. The highest BCUT2D eigenvalue weighted by Gasteiger charge is 2.22. The van der Waals surface area contributed by atoms with Gasteiger partial charge in [-0.25, -0.2) is 4.79 Å². The average Bonchev–Trinajstić information content (AvgIpc) is 2.24. The quantitative estimate of drug-likeness (QED) is 0.599. The molecule has 0 saturated heterocycles. The van der Waals surface area contributed by atoms with Gasteiger partial charge in [0, 0.05) is 5.02 Å². The molecule has 0 saturated carbocycles. The fourth-order valence-electron chi connectivity index (χ4n) is 0.933. The molecule has 1 aromatic rings. The van der Waals surface area contributed by atoms with Gasteiger partial charge in [0.25, 0.3) is 0 Å². The van der Waals surface area contributed by atoms with Crippen molar-refractivity contribution in [3.8, 4) is 5.75 Å². The molecule has 0 unspecified atom stereocenters. The van der Waals surface area contributed by atoms with Crippen molar-refractivity contribution >= 4 is 64.0 Å². The van der Waals surface area contributed by atoms with E-state index in [-0.39, 0.29) is 18.2 Å². The van der Waals surface area contributed by atoms with Crippen molar-refractivity contribution < 1.29 is 14.3 Å². The van der Waals surface area contributed by atoms with Crippen molar-refractivity contribution in [1.29, 1.82) is 0 Å². The van der Waals surface area contributed by atoms with E-state index in [1.807, 2.05) is 0 Å². The summed E-state index contributed by atoms with van der Waals surface area (Å²) in [6.45, 7) is -0.698. The average molecular weight is 352 g/mol. The molecule has 0 aliphatic rings. The van der Waals surface area contributed by atoms with Gasteiger partial charge in [-0.1, -0.05) is 58.0 Å². The second-order valence-corrected chi connectivity index (χ2v) is 6.50. The van der Waals surface area contributed by atoms with Gasteiger partial charge in [-0.3, -0.25) is 0 Å². The number of carbonyl (C=O) groups excluding carboxylic acids is 1. The number of esters is 1. The van der Waals surface area contributed by atoms with Crippen molar-refractivity contribution in [3.63, 3.8) is 0 Å². The largest absolute Gasteiger partial charge is 0.480 e. The second-order valence-electron chi connectivity index (χ2n) is 3.14. The fourth-order valence-corrected chi connectivity index (χ4v) is 1.56. The molecule has 18 heavy (non-hydrogen) atoms. The Morgan fingerprint density at radius 1 is 1.22 bits per heavy atom. The minimum absolute atomic E-state index is 0.289. The zero-order valence-corrected chi connectivity index (χ0v) is 12.5. The maximum atomic E-state index is 11.2. The zero-order chi connectivity index (χ0) is 13.8. The molecule has 0 heterocycles. The Bertz CT molecular complexity index is 430. The highest BCUT2D eigenvalue weighted by molar-refractivity contribution is 6.67. The van der Waals surface area contributed by atoms with Crippen molar-refractivity contribution in [2.24, 2.45) is 0 Å². The van der Waals surface area contributed by atoms with E-state index >= 15 is 0 Å². The third-order valence-electron chi connectivity index (χ3n) is 1.64. The lowest BCUT2D eigenvalue weighted by Gasteiger charge is -2.12. The molecule has 0 aromatic heterocycles. The van der Waals surface area contributed by atoms with E-state index in [4.69, 9.17) is 62.7 Å². The Hall–Kier alpha value is -0.0600. The molecular formula is C10H7Cl5O3. The van der Waals surface area contributed by atoms with Crippen molar-refractivity contribution in [1.82, 2.24) is 0 Å². The van der Waals surface area contributed by atoms with E-state index in [1.54, 1.807) is 6.07 Å². The summed E-state index contributed by atoms with van der Waals surface area (Å²) in [6, 6.07) is 4.60. The van der Waals surface area contributed by atoms with Crippen LogP contribution in [0, 0.1) is 0 Å². The maximum absolute atomic E-state index is 11.2. The SMILES string of the molecule is O=C(COc1ccc(Cl)cc1Cl)OCC(Cl)(Cl)Cl. The minimum atomic E-state index is -1.65. The van der Waals surface area contributed by atoms with E-state index in [0.29, 0.717) is 10.8 Å². The van der Waals surface area contributed by atoms with Crippen molar-refractivity contribution in [2.45, 2.75) is 3.79 Å². The number of hydrogen-bond acceptors (Lipinski definition) is 3. The second kappa shape index (κ2) is 6.92. The number of carbonyl (C=O) groups is 1. The van der Waals surface area contributed by atoms with Gasteiger partial charge in [0.2, 0.25) is 3.79 Å². The number of halogens is 5. The molecule has 8 heteroatoms. The van der Waals surface area contributed by atoms with Gasteiger partial charge in [-0.2, -0.15) is 0 Å². The molecule has 0 spiro atoms. The first-order valence-corrected chi connectivity index (χ1v) is 6.47. The first-order chi connectivity index (χ1) is 8.28. The number of ether oxygens (including phenoxy) is 2. The lowest BCUT2D eigenvalue weighted by molar-refractivity contribution is -0.145. The van der Waals surface area contributed by atoms with Crippen LogP contribution in [0.1, 0.15) is 0 Å². The van der Waals surface area contributed by atoms with E-state index in [9.17, 15) is 4.79 Å². The Labute approximate surface area is 129 Å². The third-order valence-corrected chi connectivity index (χ3v) is 2.49. The Kier molecular flexibility index (Phi) is 6.15. The number of rotatable bonds is 4. The van der Waals surface area contributed by atoms with E-state index in [1.165, 1.54) is 12.1 Å². The van der Waals surface area contributed by atoms with Gasteiger partial charge in [0.1, 0.15) is 12.4 Å². The van der Waals surface area contributed by atoms with Crippen LogP contribution < -0.4 is 4.74 Å². The summed E-state index contributed by atoms with van der Waals surface area (Å²) in [5, 5.41) is 0.753. The molecular weight excluding hydrogens is 345 g/mol. The number of benzene rings is 1. The standard InChI is InChI=1S/C10H7Cl5O3/c11-6-1-2-8(7(12)3-6)17-4-9(16)18-5-10(13,14)15/h1-3H,4-5H2. The molecule has 3 nitrogen and oxygen atoms in total. The fraction of sp³-hybridized carbons (Fsp3) is 0.300. The molecule has 0 amide bonds. The van der Waals surface area contributed by atoms with Crippen LogP contribution in [0.5, 0.6) is 5.75 Å². The van der Waals surface area contributed by atoms with E-state index in [0.717, 1.165) is 0 Å². The molecule has 100 valence electrons. The summed E-state index contributed by atoms with van der Waals surface area (Å²) in [4.78, 5) is 11.2. The Morgan fingerprint density at radius 2 is 1.89 bits per heavy atom. The van der Waals surface area contributed by atoms with Gasteiger partial charge >= 0.3 is 5.97 Å². The summed E-state index contributed by atoms with van der Waals surface area (Å²) in [5.41, 5.74) is 0. The molecule has 0 fully saturated rings. The van der Waals surface area contributed by atoms with Gasteiger partial charge in [-0.15, -0.1) is 0 Å². The molecule has 0 aliphatic heterocycles. The summed E-state index contributed by atoms with van der Waals surface area (Å²) >= 11 is 27.8. The Balaban J connectivity index is 2.43. The minimum Gasteiger partial charge on any atom is -0.480 e. The van der Waals surface area contributed by atoms with Gasteiger partial charge in [-0.05, 0) is 18.2 Å². The molecule has 1 aromatic carbocycles. The van der Waals surface area contributed by atoms with Crippen LogP contribution in [-0.4, -0.2) is 23.0 Å². The normalized spacial score (nSPS) is 11.2. The van der Waals surface area contributed by atoms with Crippen LogP contribution in [0.2, 0.25) is 10.0 Å². The maximum Gasteiger partial charge on any atom is 0.344 e.